The van der Waals surface area contributed by atoms with E-state index in [1.165, 1.54) is 11.3 Å². The smallest absolute Gasteiger partial charge is 0.153 e. The number of fused-ring (bicyclic) bond motifs is 4. The van der Waals surface area contributed by atoms with E-state index in [-0.39, 0.29) is 5.60 Å². The quantitative estimate of drug-likeness (QED) is 0.651. The zero-order valence-electron chi connectivity index (χ0n) is 16.1. The number of para-hydroxylation sites is 1. The van der Waals surface area contributed by atoms with E-state index in [9.17, 15) is 0 Å². The van der Waals surface area contributed by atoms with E-state index >= 15 is 0 Å². The van der Waals surface area contributed by atoms with Gasteiger partial charge in [-0.2, -0.15) is 11.3 Å². The largest absolute Gasteiger partial charge is 0.480 e. The van der Waals surface area contributed by atoms with Crippen molar-refractivity contribution < 1.29 is 9.47 Å². The molecule has 3 aromatic rings. The van der Waals surface area contributed by atoms with Crippen molar-refractivity contribution in [2.24, 2.45) is 0 Å². The third-order valence-electron chi connectivity index (χ3n) is 5.90. The van der Waals surface area contributed by atoms with E-state index in [0.717, 1.165) is 56.0 Å². The van der Waals surface area contributed by atoms with Crippen LogP contribution < -0.4 is 4.74 Å². The Bertz CT molecular complexity index is 943. The number of thiophene rings is 1. The molecule has 0 saturated carbocycles. The lowest BCUT2D eigenvalue weighted by atomic mass is 9.83. The molecule has 6 heteroatoms. The average Bonchev–Trinajstić information content (AvgIpc) is 3.39. The molecular formula is C22H25N3O2S. The number of imidazole rings is 1. The van der Waals surface area contributed by atoms with Gasteiger partial charge in [0.25, 0.3) is 0 Å². The lowest BCUT2D eigenvalue weighted by molar-refractivity contribution is -0.0135. The van der Waals surface area contributed by atoms with E-state index in [4.69, 9.17) is 14.5 Å². The first-order valence-corrected chi connectivity index (χ1v) is 10.8. The summed E-state index contributed by atoms with van der Waals surface area (Å²) in [5, 5.41) is 4.40. The molecule has 1 aromatic carbocycles. The number of rotatable bonds is 5. The Morgan fingerprint density at radius 3 is 2.86 bits per heavy atom. The van der Waals surface area contributed by atoms with Crippen molar-refractivity contribution >= 4 is 11.3 Å². The summed E-state index contributed by atoms with van der Waals surface area (Å²) in [4.78, 5) is 7.33. The number of aromatic nitrogens is 2. The molecule has 28 heavy (non-hydrogen) atoms. The second kappa shape index (κ2) is 7.35. The van der Waals surface area contributed by atoms with Gasteiger partial charge in [-0.15, -0.1) is 0 Å². The molecule has 0 atom stereocenters. The van der Waals surface area contributed by atoms with Gasteiger partial charge >= 0.3 is 0 Å². The Labute approximate surface area is 169 Å². The van der Waals surface area contributed by atoms with Crippen LogP contribution in [-0.4, -0.2) is 41.3 Å². The van der Waals surface area contributed by atoms with Crippen LogP contribution in [0, 0.1) is 0 Å². The summed E-state index contributed by atoms with van der Waals surface area (Å²) >= 11 is 1.77. The summed E-state index contributed by atoms with van der Waals surface area (Å²) in [5.74, 6) is 0.957. The van der Waals surface area contributed by atoms with Crippen LogP contribution in [0.3, 0.4) is 0 Å². The molecule has 2 aliphatic heterocycles. The summed E-state index contributed by atoms with van der Waals surface area (Å²) in [6.45, 7) is 4.53. The Morgan fingerprint density at radius 2 is 2.07 bits per heavy atom. The van der Waals surface area contributed by atoms with Crippen LogP contribution in [-0.2, 0) is 23.4 Å². The van der Waals surface area contributed by atoms with Crippen LogP contribution in [0.15, 0.2) is 47.4 Å². The summed E-state index contributed by atoms with van der Waals surface area (Å²) in [7, 11) is 1.74. The molecule has 0 bridgehead atoms. The Kier molecular flexibility index (Phi) is 4.70. The third-order valence-corrected chi connectivity index (χ3v) is 6.64. The highest BCUT2D eigenvalue weighted by molar-refractivity contribution is 7.07. The maximum atomic E-state index is 6.72. The van der Waals surface area contributed by atoms with Crippen LogP contribution >= 0.6 is 11.3 Å². The normalized spacial score (nSPS) is 17.9. The van der Waals surface area contributed by atoms with Gasteiger partial charge in [0.15, 0.2) is 5.60 Å². The monoisotopic (exact) mass is 395 g/mol. The molecule has 0 N–H and O–H groups in total. The lowest BCUT2D eigenvalue weighted by Crippen LogP contribution is -2.48. The molecular weight excluding hydrogens is 370 g/mol. The molecule has 1 saturated heterocycles. The summed E-state index contributed by atoms with van der Waals surface area (Å²) in [5.41, 5.74) is 4.49. The predicted molar refractivity (Wildman–Crippen MR) is 111 cm³/mol. The van der Waals surface area contributed by atoms with Gasteiger partial charge in [0.2, 0.25) is 0 Å². The molecule has 0 amide bonds. The molecule has 146 valence electrons. The molecule has 0 radical (unpaired) electrons. The van der Waals surface area contributed by atoms with Gasteiger partial charge in [0.1, 0.15) is 5.75 Å². The van der Waals surface area contributed by atoms with E-state index < -0.39 is 0 Å². The number of methoxy groups -OCH3 is 1. The number of piperidine rings is 1. The van der Waals surface area contributed by atoms with Crippen molar-refractivity contribution in [1.82, 2.24) is 14.5 Å². The number of nitrogens with zero attached hydrogens (tertiary/aromatic N) is 3. The van der Waals surface area contributed by atoms with Crippen LogP contribution in [0.25, 0.3) is 11.3 Å². The molecule has 5 rings (SSSR count). The van der Waals surface area contributed by atoms with E-state index in [0.29, 0.717) is 6.61 Å². The fourth-order valence-electron chi connectivity index (χ4n) is 4.48. The van der Waals surface area contributed by atoms with E-state index in [1.807, 2.05) is 12.4 Å². The van der Waals surface area contributed by atoms with Gasteiger partial charge in [-0.05, 0) is 34.5 Å². The molecule has 0 unspecified atom stereocenters. The molecule has 2 aromatic heterocycles. The summed E-state index contributed by atoms with van der Waals surface area (Å²) in [6.07, 6.45) is 3.89. The molecule has 5 nitrogen and oxygen atoms in total. The second-order valence-electron chi connectivity index (χ2n) is 7.63. The number of benzene rings is 1. The number of ether oxygens (including phenoxy) is 2. The number of likely N-dealkylation sites (tertiary alicyclic amines) is 1. The molecule has 0 aliphatic carbocycles. The zero-order chi connectivity index (χ0) is 19.0. The van der Waals surface area contributed by atoms with Gasteiger partial charge in [0, 0.05) is 51.7 Å². The van der Waals surface area contributed by atoms with Gasteiger partial charge < -0.3 is 14.0 Å². The highest BCUT2D eigenvalue weighted by Gasteiger charge is 2.46. The van der Waals surface area contributed by atoms with Crippen molar-refractivity contribution in [2.45, 2.75) is 31.5 Å². The SMILES string of the molecule is COCCn1cnc2c1C1(CCN(Cc3ccsc3)CC1)Oc1ccccc1-2. The van der Waals surface area contributed by atoms with Crippen molar-refractivity contribution in [3.63, 3.8) is 0 Å². The van der Waals surface area contributed by atoms with Gasteiger partial charge in [-0.1, -0.05) is 12.1 Å². The Hall–Kier alpha value is -2.15. The minimum Gasteiger partial charge on any atom is -0.480 e. The highest BCUT2D eigenvalue weighted by Crippen LogP contribution is 2.49. The molecule has 2 aliphatic rings. The summed E-state index contributed by atoms with van der Waals surface area (Å²) < 4.78 is 14.3. The first-order valence-electron chi connectivity index (χ1n) is 9.85. The van der Waals surface area contributed by atoms with Crippen LogP contribution in [0.4, 0.5) is 0 Å². The van der Waals surface area contributed by atoms with Gasteiger partial charge in [-0.3, -0.25) is 4.90 Å². The highest BCUT2D eigenvalue weighted by atomic mass is 32.1. The van der Waals surface area contributed by atoms with Crippen molar-refractivity contribution in [1.29, 1.82) is 0 Å². The van der Waals surface area contributed by atoms with Gasteiger partial charge in [0.05, 0.1) is 24.3 Å². The minimum atomic E-state index is -0.306. The van der Waals surface area contributed by atoms with Crippen molar-refractivity contribution in [3.05, 3.63) is 58.7 Å². The van der Waals surface area contributed by atoms with Crippen molar-refractivity contribution in [2.75, 3.05) is 26.8 Å². The maximum absolute atomic E-state index is 6.72. The first kappa shape index (κ1) is 17.9. The second-order valence-corrected chi connectivity index (χ2v) is 8.41. The molecule has 4 heterocycles. The third kappa shape index (κ3) is 3.05. The minimum absolute atomic E-state index is 0.306. The maximum Gasteiger partial charge on any atom is 0.153 e. The first-order chi connectivity index (χ1) is 13.8. The standard InChI is InChI=1S/C22H25N3O2S/c1-26-12-11-25-16-23-20-18-4-2-3-5-19(18)27-22(21(20)25)7-9-24(10-8-22)14-17-6-13-28-15-17/h2-6,13,15-16H,7-12,14H2,1H3. The average molecular weight is 396 g/mol. The van der Waals surface area contributed by atoms with E-state index in [2.05, 4.69) is 44.5 Å². The fourth-order valence-corrected chi connectivity index (χ4v) is 5.14. The van der Waals surface area contributed by atoms with Crippen LogP contribution in [0.2, 0.25) is 0 Å². The van der Waals surface area contributed by atoms with Crippen molar-refractivity contribution in [3.8, 4) is 17.0 Å². The fraction of sp³-hybridized carbons (Fsp3) is 0.409. The molecule has 1 spiro atoms. The Balaban J connectivity index is 1.46. The topological polar surface area (TPSA) is 39.5 Å². The number of hydrogen-bond acceptors (Lipinski definition) is 5. The van der Waals surface area contributed by atoms with Gasteiger partial charge in [-0.25, -0.2) is 4.98 Å². The number of hydrogen-bond donors (Lipinski definition) is 0. The molecule has 1 fully saturated rings. The van der Waals surface area contributed by atoms with Crippen LogP contribution in [0.5, 0.6) is 5.75 Å². The van der Waals surface area contributed by atoms with Crippen LogP contribution in [0.1, 0.15) is 24.1 Å². The Morgan fingerprint density at radius 1 is 1.21 bits per heavy atom. The van der Waals surface area contributed by atoms with E-state index in [1.54, 1.807) is 18.4 Å². The lowest BCUT2D eigenvalue weighted by Gasteiger charge is -2.44. The summed E-state index contributed by atoms with van der Waals surface area (Å²) in [6, 6.07) is 10.5. The predicted octanol–water partition coefficient (Wildman–Crippen LogP) is 4.14. The zero-order valence-corrected chi connectivity index (χ0v) is 17.0.